The number of aromatic amines is 1. The molecule has 0 amide bonds. The number of aliphatic hydroxyl groups is 2. The number of rotatable bonds is 8. The molecule has 18 nitrogen and oxygen atoms in total. The Labute approximate surface area is 248 Å². The summed E-state index contributed by atoms with van der Waals surface area (Å²) >= 11 is 6.22. The highest BCUT2D eigenvalue weighted by molar-refractivity contribution is 8.07. The number of nitrogens with one attached hydrogen (secondary N) is 1. The number of aliphatic hydroxyl groups excluding tert-OH is 2. The van der Waals surface area contributed by atoms with Gasteiger partial charge in [0, 0.05) is 0 Å². The summed E-state index contributed by atoms with van der Waals surface area (Å²) in [5.41, 5.74) is 10.2. The van der Waals surface area contributed by atoms with Crippen LogP contribution in [0.1, 0.15) is 11.6 Å². The SMILES string of the molecule is Nc1nc2c(ncn2[C@@H]2SC(CO)[C@H](F)[C@H]2OP(O)(=S)OC[C@@]23CO[C@@H]([C@H](n4cnc5c(N)ncnc54)O2)[C@@H]3O)c(=O)[nH]1. The van der Waals surface area contributed by atoms with Crippen LogP contribution in [0.3, 0.4) is 0 Å². The Morgan fingerprint density at radius 3 is 2.79 bits per heavy atom. The molecule has 3 saturated heterocycles. The van der Waals surface area contributed by atoms with E-state index in [1.807, 2.05) is 0 Å². The number of fused-ring (bicyclic) bond motifs is 4. The first-order chi connectivity index (χ1) is 20.5. The Hall–Kier alpha value is -2.85. The number of H-pyrrole nitrogens is 1. The number of hydrogen-bond acceptors (Lipinski definition) is 16. The zero-order valence-corrected chi connectivity index (χ0v) is 24.2. The second-order valence-electron chi connectivity index (χ2n) is 10.2. The lowest BCUT2D eigenvalue weighted by Crippen LogP contribution is -2.45. The number of alkyl halides is 1. The number of aromatic nitrogens is 8. The van der Waals surface area contributed by atoms with Crippen LogP contribution in [0.5, 0.6) is 0 Å². The summed E-state index contributed by atoms with van der Waals surface area (Å²) < 4.78 is 41.7. The average Bonchev–Trinajstić information content (AvgIpc) is 3.77. The van der Waals surface area contributed by atoms with Crippen LogP contribution in [-0.4, -0.2) is 109 Å². The number of ether oxygens (including phenoxy) is 2. The van der Waals surface area contributed by atoms with Gasteiger partial charge in [-0.25, -0.2) is 24.3 Å². The molecule has 0 spiro atoms. The number of hydrogen-bond donors (Lipinski definition) is 6. The van der Waals surface area contributed by atoms with Crippen molar-refractivity contribution in [3.05, 3.63) is 29.3 Å². The molecule has 2 bridgehead atoms. The van der Waals surface area contributed by atoms with E-state index in [-0.39, 0.29) is 29.5 Å². The fourth-order valence-electron chi connectivity index (χ4n) is 5.48. The van der Waals surface area contributed by atoms with Gasteiger partial charge in [-0.3, -0.25) is 23.4 Å². The van der Waals surface area contributed by atoms with Crippen LogP contribution in [0.4, 0.5) is 16.2 Å². The molecule has 230 valence electrons. The van der Waals surface area contributed by atoms with Crippen LogP contribution in [0, 0.1) is 0 Å². The van der Waals surface area contributed by atoms with Crippen molar-refractivity contribution in [2.45, 2.75) is 46.9 Å². The normalized spacial score (nSPS) is 33.5. The number of thioether (sulfide) groups is 1. The van der Waals surface area contributed by atoms with E-state index in [1.54, 1.807) is 0 Å². The Balaban J connectivity index is 1.11. The largest absolute Gasteiger partial charge is 0.395 e. The predicted octanol–water partition coefficient (Wildman–Crippen LogP) is -1.29. The summed E-state index contributed by atoms with van der Waals surface area (Å²) in [5.74, 6) is -0.0209. The van der Waals surface area contributed by atoms with E-state index in [9.17, 15) is 19.9 Å². The third-order valence-corrected chi connectivity index (χ3v) is 10.6. The monoisotopic (exact) mass is 658 g/mol. The Kier molecular flexibility index (Phi) is 6.96. The fraction of sp³-hybridized carbons (Fsp3) is 0.524. The maximum absolute atomic E-state index is 15.5. The highest BCUT2D eigenvalue weighted by atomic mass is 32.5. The molecule has 7 rings (SSSR count). The second-order valence-corrected chi connectivity index (χ2v) is 14.3. The number of halogens is 1. The minimum absolute atomic E-state index is 0.0471. The van der Waals surface area contributed by atoms with Gasteiger partial charge < -0.3 is 40.6 Å². The topological polar surface area (TPSA) is 257 Å². The van der Waals surface area contributed by atoms with Gasteiger partial charge in [-0.2, -0.15) is 4.98 Å². The lowest BCUT2D eigenvalue weighted by Gasteiger charge is -2.32. The maximum Gasteiger partial charge on any atom is 0.325 e. The second kappa shape index (κ2) is 10.4. The van der Waals surface area contributed by atoms with E-state index in [4.69, 9.17) is 41.8 Å². The first-order valence-electron chi connectivity index (χ1n) is 12.7. The van der Waals surface area contributed by atoms with Gasteiger partial charge in [0.05, 0.1) is 37.7 Å². The number of imidazole rings is 2. The zero-order chi connectivity index (χ0) is 30.3. The van der Waals surface area contributed by atoms with Crippen molar-refractivity contribution in [3.63, 3.8) is 0 Å². The van der Waals surface area contributed by atoms with Crippen LogP contribution in [0.2, 0.25) is 0 Å². The van der Waals surface area contributed by atoms with Gasteiger partial charge in [-0.05, 0) is 11.8 Å². The van der Waals surface area contributed by atoms with Gasteiger partial charge in [-0.15, -0.1) is 11.8 Å². The summed E-state index contributed by atoms with van der Waals surface area (Å²) in [7, 11) is 0. The molecule has 43 heavy (non-hydrogen) atoms. The zero-order valence-electron chi connectivity index (χ0n) is 21.7. The summed E-state index contributed by atoms with van der Waals surface area (Å²) in [6, 6.07) is 0. The molecular formula is C21H24FN10O8PS2. The molecule has 0 radical (unpaired) electrons. The Bertz CT molecular complexity index is 1830. The number of nitrogens with two attached hydrogens (primary N) is 2. The number of anilines is 2. The molecule has 3 aliphatic heterocycles. The Morgan fingerprint density at radius 2 is 2.00 bits per heavy atom. The molecule has 22 heteroatoms. The van der Waals surface area contributed by atoms with Crippen molar-refractivity contribution in [1.29, 1.82) is 0 Å². The third kappa shape index (κ3) is 4.62. The lowest BCUT2D eigenvalue weighted by molar-refractivity contribution is -0.183. The molecule has 7 heterocycles. The molecule has 0 saturated carbocycles. The Morgan fingerprint density at radius 1 is 1.23 bits per heavy atom. The minimum atomic E-state index is -4.23. The molecule has 8 N–H and O–H groups in total. The highest BCUT2D eigenvalue weighted by Crippen LogP contribution is 2.56. The van der Waals surface area contributed by atoms with Crippen LogP contribution >= 0.6 is 18.5 Å². The minimum Gasteiger partial charge on any atom is -0.395 e. The molecule has 3 fully saturated rings. The number of nitrogen functional groups attached to an aromatic ring is 2. The molecule has 3 aliphatic rings. The maximum atomic E-state index is 15.5. The van der Waals surface area contributed by atoms with E-state index in [0.717, 1.165) is 11.8 Å². The molecule has 9 atom stereocenters. The van der Waals surface area contributed by atoms with E-state index in [0.29, 0.717) is 11.2 Å². The fourth-order valence-corrected chi connectivity index (χ4v) is 8.39. The number of nitrogens with zero attached hydrogens (tertiary/aromatic N) is 7. The van der Waals surface area contributed by atoms with E-state index in [2.05, 4.69) is 29.9 Å². The van der Waals surface area contributed by atoms with Crippen LogP contribution < -0.4 is 17.0 Å². The van der Waals surface area contributed by atoms with Crippen molar-refractivity contribution in [2.75, 3.05) is 31.3 Å². The van der Waals surface area contributed by atoms with Crippen molar-refractivity contribution >= 4 is 64.4 Å². The van der Waals surface area contributed by atoms with Crippen LogP contribution in [-0.2, 0) is 30.3 Å². The lowest BCUT2D eigenvalue weighted by atomic mass is 10.0. The van der Waals surface area contributed by atoms with Crippen LogP contribution in [0.15, 0.2) is 23.8 Å². The smallest absolute Gasteiger partial charge is 0.325 e. The van der Waals surface area contributed by atoms with E-state index in [1.165, 1.54) is 28.1 Å². The standard InChI is InChI=1S/C21H24FN10O8PS2/c22-8-7(1-33)43-19(32-6-28-10-16(32)29-20(24)30-17(10)35)11(8)40-41(36,42)38-3-21-2-37-12(13(21)34)18(39-21)31-5-27-9-14(23)25-4-26-15(9)31/h4-8,11-13,18-19,33-34H,1-3H2,(H,36,42)(H2,23,25,26)(H3,24,29,30,35)/t7?,8-,11+,12+,13-,18+,19+,21+,41?/m0/s1. The van der Waals surface area contributed by atoms with Crippen LogP contribution in [0.25, 0.3) is 22.3 Å². The third-order valence-electron chi connectivity index (χ3n) is 7.56. The van der Waals surface area contributed by atoms with Gasteiger partial charge >= 0.3 is 6.72 Å². The summed E-state index contributed by atoms with van der Waals surface area (Å²) in [5, 5.41) is 18.9. The van der Waals surface area contributed by atoms with Gasteiger partial charge in [0.2, 0.25) is 5.95 Å². The molecule has 2 unspecified atom stereocenters. The average molecular weight is 659 g/mol. The summed E-state index contributed by atoms with van der Waals surface area (Å²) in [6.07, 6.45) is -2.24. The molecule has 0 aliphatic carbocycles. The van der Waals surface area contributed by atoms with Gasteiger partial charge in [0.25, 0.3) is 5.56 Å². The summed E-state index contributed by atoms with van der Waals surface area (Å²) in [6.45, 7) is -5.35. The van der Waals surface area contributed by atoms with Crippen molar-refractivity contribution < 1.29 is 38.0 Å². The molecular weight excluding hydrogens is 634 g/mol. The van der Waals surface area contributed by atoms with Crippen molar-refractivity contribution in [1.82, 2.24) is 39.0 Å². The first-order valence-corrected chi connectivity index (χ1v) is 16.2. The molecule has 0 aromatic carbocycles. The molecule has 4 aromatic rings. The highest BCUT2D eigenvalue weighted by Gasteiger charge is 2.62. The quantitative estimate of drug-likeness (QED) is 0.120. The van der Waals surface area contributed by atoms with E-state index < -0.39 is 72.4 Å². The van der Waals surface area contributed by atoms with Gasteiger partial charge in [-0.1, -0.05) is 0 Å². The molecule has 4 aromatic heterocycles. The summed E-state index contributed by atoms with van der Waals surface area (Å²) in [4.78, 5) is 46.1. The van der Waals surface area contributed by atoms with Gasteiger partial charge in [0.15, 0.2) is 28.9 Å². The van der Waals surface area contributed by atoms with Crippen molar-refractivity contribution in [3.8, 4) is 0 Å². The predicted molar refractivity (Wildman–Crippen MR) is 151 cm³/mol. The van der Waals surface area contributed by atoms with E-state index >= 15 is 4.39 Å². The van der Waals surface area contributed by atoms with Crippen molar-refractivity contribution in [2.24, 2.45) is 0 Å². The van der Waals surface area contributed by atoms with Gasteiger partial charge in [0.1, 0.15) is 47.3 Å². The first kappa shape index (κ1) is 28.9.